The number of ether oxygens (including phenoxy) is 1. The molecule has 14 heteroatoms. The minimum absolute atomic E-state index is 0.0627. The van der Waals surface area contributed by atoms with Crippen LogP contribution < -0.4 is 32.3 Å². The van der Waals surface area contributed by atoms with Gasteiger partial charge in [-0.25, -0.2) is 0 Å². The lowest BCUT2D eigenvalue weighted by Crippen LogP contribution is -2.57. The van der Waals surface area contributed by atoms with Gasteiger partial charge in [0, 0.05) is 57.8 Å². The molecule has 0 radical (unpaired) electrons. The smallest absolute Gasteiger partial charge is 0.246 e. The Kier molecular flexibility index (Phi) is 17.4. The summed E-state index contributed by atoms with van der Waals surface area (Å²) in [4.78, 5) is 70.1. The summed E-state index contributed by atoms with van der Waals surface area (Å²) >= 11 is 0. The van der Waals surface area contributed by atoms with Gasteiger partial charge in [0.15, 0.2) is 0 Å². The van der Waals surface area contributed by atoms with Gasteiger partial charge < -0.3 is 41.7 Å². The van der Waals surface area contributed by atoms with Gasteiger partial charge in [-0.2, -0.15) is 0 Å². The lowest BCUT2D eigenvalue weighted by atomic mass is 9.74. The first kappa shape index (κ1) is 44.4. The van der Waals surface area contributed by atoms with Crippen LogP contribution in [-0.2, 0) is 48.1 Å². The lowest BCUT2D eigenvalue weighted by molar-refractivity contribution is -0.141. The van der Waals surface area contributed by atoms with E-state index in [9.17, 15) is 29.1 Å². The number of carbonyl (C=O) groups is 5. The average Bonchev–Trinajstić information content (AvgIpc) is 3.24. The molecule has 0 aliphatic carbocycles. The summed E-state index contributed by atoms with van der Waals surface area (Å²) in [6.07, 6.45) is 6.69. The first-order chi connectivity index (χ1) is 28.7. The Morgan fingerprint density at radius 3 is 2.42 bits per heavy atom. The van der Waals surface area contributed by atoms with Crippen LogP contribution in [0.2, 0.25) is 0 Å². The maximum Gasteiger partial charge on any atom is 0.246 e. The third kappa shape index (κ3) is 14.0. The number of fused-ring (bicyclic) bond motifs is 3. The molecule has 0 aromatic heterocycles. The van der Waals surface area contributed by atoms with Crippen molar-refractivity contribution in [2.24, 2.45) is 11.1 Å². The molecule has 314 valence electrons. The summed E-state index contributed by atoms with van der Waals surface area (Å²) in [5.41, 5.74) is 7.76. The van der Waals surface area contributed by atoms with Gasteiger partial charge in [-0.15, -0.1) is 0 Å². The van der Waals surface area contributed by atoms with E-state index in [4.69, 9.17) is 10.5 Å². The van der Waals surface area contributed by atoms with Crippen molar-refractivity contribution in [1.29, 1.82) is 0 Å². The average molecular weight is 808 g/mol. The summed E-state index contributed by atoms with van der Waals surface area (Å²) < 4.78 is 5.37. The summed E-state index contributed by atoms with van der Waals surface area (Å²) in [5.74, 6) is -2.09. The van der Waals surface area contributed by atoms with E-state index in [2.05, 4.69) is 26.6 Å². The molecule has 3 aromatic carbocycles. The topological polar surface area (TPSA) is 204 Å². The molecule has 5 amide bonds. The molecule has 4 atom stereocenters. The van der Waals surface area contributed by atoms with Crippen LogP contribution in [0.1, 0.15) is 47.9 Å². The molecule has 1 saturated heterocycles. The van der Waals surface area contributed by atoms with Crippen LogP contribution in [0.3, 0.4) is 0 Å². The normalized spacial score (nSPS) is 23.2. The standard InChI is InChI=1S/C45H57N7O7/c46-23-27-59-28-25-48-42(56)38-21-24-47-39(53)19-20-41(55)52-26-10-22-45(32-52,30-34-13-5-2-6-14-34)44(58)51-37(18-9-15-33-11-3-1-4-12-33)43(57)49-31-36-17-8-7-16-35(36)29-40(54)50-38/h1-9,11-17,19-20,37-38,40,50,54H,10,18,21-32,46H2,(H,47,53)(H,48,56)(H,49,57)(H,51,58)/b15-9+,20-19+/t37-,38-,40?,45-/m0/s1. The number of piperidine rings is 1. The predicted molar refractivity (Wildman–Crippen MR) is 225 cm³/mol. The van der Waals surface area contributed by atoms with E-state index >= 15 is 0 Å². The summed E-state index contributed by atoms with van der Waals surface area (Å²) in [6.45, 7) is 1.83. The van der Waals surface area contributed by atoms with Crippen LogP contribution in [0.5, 0.6) is 0 Å². The highest BCUT2D eigenvalue weighted by molar-refractivity contribution is 5.97. The first-order valence-electron chi connectivity index (χ1n) is 20.3. The van der Waals surface area contributed by atoms with Gasteiger partial charge in [0.1, 0.15) is 12.3 Å². The maximum absolute atomic E-state index is 14.6. The minimum atomic E-state index is -1.17. The number of carbonyl (C=O) groups excluding carboxylic acids is 5. The highest BCUT2D eigenvalue weighted by Crippen LogP contribution is 2.35. The van der Waals surface area contributed by atoms with E-state index in [1.165, 1.54) is 6.08 Å². The van der Waals surface area contributed by atoms with Crippen molar-refractivity contribution in [3.63, 3.8) is 0 Å². The van der Waals surface area contributed by atoms with Crippen molar-refractivity contribution in [2.75, 3.05) is 45.9 Å². The van der Waals surface area contributed by atoms with E-state index in [0.717, 1.165) is 28.3 Å². The first-order valence-corrected chi connectivity index (χ1v) is 20.3. The molecule has 1 unspecified atom stereocenters. The number of benzene rings is 3. The highest BCUT2D eigenvalue weighted by atomic mass is 16.5. The number of aliphatic hydroxyl groups excluding tert-OH is 1. The summed E-state index contributed by atoms with van der Waals surface area (Å²) in [5, 5.41) is 25.8. The van der Waals surface area contributed by atoms with E-state index in [1.54, 1.807) is 4.90 Å². The maximum atomic E-state index is 14.6. The van der Waals surface area contributed by atoms with Gasteiger partial charge >= 0.3 is 0 Å². The number of hydrogen-bond acceptors (Lipinski definition) is 9. The van der Waals surface area contributed by atoms with E-state index < -0.39 is 47.4 Å². The Morgan fingerprint density at radius 2 is 1.66 bits per heavy atom. The Hall–Kier alpha value is -5.67. The summed E-state index contributed by atoms with van der Waals surface area (Å²) in [6, 6.07) is 24.7. The fourth-order valence-corrected chi connectivity index (χ4v) is 7.39. The molecule has 14 nitrogen and oxygen atoms in total. The number of nitrogens with one attached hydrogen (secondary N) is 5. The number of hydrogen-bond donors (Lipinski definition) is 7. The van der Waals surface area contributed by atoms with Crippen LogP contribution in [0.25, 0.3) is 6.08 Å². The van der Waals surface area contributed by atoms with Crippen molar-refractivity contribution >= 4 is 35.6 Å². The SMILES string of the molecule is NCCOCCNC(=O)[C@@H]1CCNC(=O)/C=C/C(=O)N2CCC[C@](Cc3ccccc3)(C2)C(=O)N[C@@H](C/C=C/c2ccccc2)C(=O)NCc2ccccc2CC(O)N1. The molecule has 2 aliphatic rings. The fraction of sp³-hybridized carbons (Fsp3) is 0.400. The van der Waals surface area contributed by atoms with E-state index in [0.29, 0.717) is 39.0 Å². The Bertz CT molecular complexity index is 1910. The molecular weight excluding hydrogens is 751 g/mol. The zero-order valence-electron chi connectivity index (χ0n) is 33.4. The highest BCUT2D eigenvalue weighted by Gasteiger charge is 2.44. The van der Waals surface area contributed by atoms with Gasteiger partial charge in [-0.3, -0.25) is 29.3 Å². The molecule has 8 N–H and O–H groups in total. The van der Waals surface area contributed by atoms with E-state index in [-0.39, 0.29) is 58.0 Å². The minimum Gasteiger partial charge on any atom is -0.378 e. The van der Waals surface area contributed by atoms with Crippen molar-refractivity contribution in [2.45, 2.75) is 63.4 Å². The van der Waals surface area contributed by atoms with Crippen LogP contribution in [0, 0.1) is 5.41 Å². The Morgan fingerprint density at radius 1 is 0.932 bits per heavy atom. The van der Waals surface area contributed by atoms with Crippen molar-refractivity contribution in [3.05, 3.63) is 125 Å². The Labute approximate surface area is 346 Å². The van der Waals surface area contributed by atoms with Gasteiger partial charge in [0.25, 0.3) is 0 Å². The quantitative estimate of drug-likeness (QED) is 0.141. The van der Waals surface area contributed by atoms with Crippen LogP contribution in [-0.4, -0.2) is 104 Å². The molecule has 59 heavy (non-hydrogen) atoms. The van der Waals surface area contributed by atoms with Gasteiger partial charge in [-0.05, 0) is 54.4 Å². The molecule has 2 aliphatic heterocycles. The predicted octanol–water partition coefficient (Wildman–Crippen LogP) is 1.73. The zero-order valence-corrected chi connectivity index (χ0v) is 33.4. The second kappa shape index (κ2) is 23.1. The molecule has 0 spiro atoms. The molecule has 2 heterocycles. The number of rotatable bonds is 11. The number of nitrogens with two attached hydrogens (primary N) is 1. The van der Waals surface area contributed by atoms with Crippen LogP contribution >= 0.6 is 0 Å². The second-order valence-corrected chi connectivity index (χ2v) is 14.9. The molecule has 2 bridgehead atoms. The van der Waals surface area contributed by atoms with Crippen molar-refractivity contribution in [3.8, 4) is 0 Å². The third-order valence-corrected chi connectivity index (χ3v) is 10.5. The molecular formula is C45H57N7O7. The third-order valence-electron chi connectivity index (χ3n) is 10.5. The number of nitrogens with zero attached hydrogens (tertiary/aromatic N) is 1. The fourth-order valence-electron chi connectivity index (χ4n) is 7.39. The molecule has 1 fully saturated rings. The second-order valence-electron chi connectivity index (χ2n) is 14.9. The van der Waals surface area contributed by atoms with E-state index in [1.807, 2.05) is 97.1 Å². The molecule has 0 saturated carbocycles. The largest absolute Gasteiger partial charge is 0.378 e. The monoisotopic (exact) mass is 807 g/mol. The molecule has 3 aromatic rings. The van der Waals surface area contributed by atoms with Gasteiger partial charge in [0.05, 0.1) is 24.7 Å². The van der Waals surface area contributed by atoms with Gasteiger partial charge in [0.2, 0.25) is 29.5 Å². The summed E-state index contributed by atoms with van der Waals surface area (Å²) in [7, 11) is 0. The van der Waals surface area contributed by atoms with Crippen molar-refractivity contribution in [1.82, 2.24) is 31.5 Å². The lowest BCUT2D eigenvalue weighted by Gasteiger charge is -2.42. The Balaban J connectivity index is 1.44. The number of aliphatic hydroxyl groups is 1. The van der Waals surface area contributed by atoms with Crippen LogP contribution in [0.4, 0.5) is 0 Å². The molecule has 5 rings (SSSR count). The van der Waals surface area contributed by atoms with Crippen molar-refractivity contribution < 1.29 is 33.8 Å². The number of amides is 5. The zero-order chi connectivity index (χ0) is 41.9. The van der Waals surface area contributed by atoms with Gasteiger partial charge in [-0.1, -0.05) is 97.1 Å². The van der Waals surface area contributed by atoms with Crippen LogP contribution in [0.15, 0.2) is 103 Å².